The van der Waals surface area contributed by atoms with E-state index in [1.807, 2.05) is 12.1 Å². The third kappa shape index (κ3) is 5.74. The molecule has 3 aromatic heterocycles. The number of hydrogen-bond acceptors (Lipinski definition) is 8. The van der Waals surface area contributed by atoms with E-state index in [0.717, 1.165) is 43.1 Å². The van der Waals surface area contributed by atoms with Gasteiger partial charge in [0.2, 0.25) is 5.88 Å². The van der Waals surface area contributed by atoms with Gasteiger partial charge in [-0.25, -0.2) is 4.98 Å². The van der Waals surface area contributed by atoms with Gasteiger partial charge in [-0.15, -0.1) is 0 Å². The molecule has 3 heterocycles. The highest BCUT2D eigenvalue weighted by Crippen LogP contribution is 2.59. The van der Waals surface area contributed by atoms with Crippen molar-refractivity contribution in [3.8, 4) is 17.1 Å². The van der Waals surface area contributed by atoms with E-state index in [2.05, 4.69) is 25.4 Å². The first-order chi connectivity index (χ1) is 19.8. The van der Waals surface area contributed by atoms with Crippen molar-refractivity contribution < 1.29 is 19.1 Å². The number of pyridine rings is 1. The van der Waals surface area contributed by atoms with E-state index in [4.69, 9.17) is 21.1 Å². The molecule has 2 aliphatic carbocycles. The summed E-state index contributed by atoms with van der Waals surface area (Å²) in [6.45, 7) is 2.28. The van der Waals surface area contributed by atoms with E-state index in [0.29, 0.717) is 57.9 Å². The number of nitrogens with zero attached hydrogens (tertiary/aromatic N) is 5. The number of esters is 1. The summed E-state index contributed by atoms with van der Waals surface area (Å²) in [5.74, 6) is 0.719. The molecule has 1 spiro atoms. The number of rotatable bonds is 9. The fourth-order valence-corrected chi connectivity index (χ4v) is 6.56. The highest BCUT2D eigenvalue weighted by atomic mass is 35.5. The number of nitrogens with one attached hydrogen (secondary N) is 1. The first kappa shape index (κ1) is 27.1. The van der Waals surface area contributed by atoms with E-state index >= 15 is 0 Å². The SMILES string of the molecule is COc1cc(-c2cnc(Cn3ncc4cc(Cl)cc(C(=O)NC5CC6(CC(CCOC(C)=O)C6)C5)c43)cn2)ccn1. The Kier molecular flexibility index (Phi) is 7.33. The van der Waals surface area contributed by atoms with Crippen molar-refractivity contribution in [3.63, 3.8) is 0 Å². The van der Waals surface area contributed by atoms with Gasteiger partial charge in [0.25, 0.3) is 5.91 Å². The topological polar surface area (TPSA) is 121 Å². The smallest absolute Gasteiger partial charge is 0.302 e. The molecule has 1 amide bonds. The van der Waals surface area contributed by atoms with Crippen LogP contribution in [0.1, 0.15) is 55.1 Å². The van der Waals surface area contributed by atoms with Crippen molar-refractivity contribution in [2.45, 2.75) is 51.6 Å². The summed E-state index contributed by atoms with van der Waals surface area (Å²) in [5, 5.41) is 9.02. The normalized spacial score (nSPS) is 21.2. The molecule has 1 N–H and O–H groups in total. The lowest BCUT2D eigenvalue weighted by Gasteiger charge is -2.58. The lowest BCUT2D eigenvalue weighted by Crippen LogP contribution is -2.56. The van der Waals surface area contributed by atoms with Crippen molar-refractivity contribution in [2.24, 2.45) is 11.3 Å². The lowest BCUT2D eigenvalue weighted by molar-refractivity contribution is -0.142. The van der Waals surface area contributed by atoms with Crippen LogP contribution in [0, 0.1) is 11.3 Å². The first-order valence-electron chi connectivity index (χ1n) is 13.7. The predicted molar refractivity (Wildman–Crippen MR) is 153 cm³/mol. The quantitative estimate of drug-likeness (QED) is 0.282. The molecule has 41 heavy (non-hydrogen) atoms. The van der Waals surface area contributed by atoms with E-state index in [9.17, 15) is 9.59 Å². The Morgan fingerprint density at radius 2 is 1.93 bits per heavy atom. The molecule has 10 nitrogen and oxygen atoms in total. The number of aromatic nitrogens is 5. The Bertz CT molecular complexity index is 1590. The highest BCUT2D eigenvalue weighted by molar-refractivity contribution is 6.32. The second-order valence-corrected chi connectivity index (χ2v) is 11.6. The van der Waals surface area contributed by atoms with E-state index in [-0.39, 0.29) is 17.9 Å². The van der Waals surface area contributed by atoms with Crippen LogP contribution in [0.4, 0.5) is 0 Å². The van der Waals surface area contributed by atoms with E-state index in [1.165, 1.54) is 6.92 Å². The predicted octanol–water partition coefficient (Wildman–Crippen LogP) is 4.84. The monoisotopic (exact) mass is 574 g/mol. The molecule has 212 valence electrons. The third-order valence-electron chi connectivity index (χ3n) is 8.17. The van der Waals surface area contributed by atoms with Crippen molar-refractivity contribution in [3.05, 3.63) is 65.3 Å². The molecule has 0 bridgehead atoms. The van der Waals surface area contributed by atoms with Gasteiger partial charge >= 0.3 is 5.97 Å². The van der Waals surface area contributed by atoms with Gasteiger partial charge in [0.15, 0.2) is 0 Å². The lowest BCUT2D eigenvalue weighted by atomic mass is 9.49. The molecular formula is C30H31ClN6O4. The maximum atomic E-state index is 13.5. The third-order valence-corrected chi connectivity index (χ3v) is 8.39. The summed E-state index contributed by atoms with van der Waals surface area (Å²) < 4.78 is 12.0. The van der Waals surface area contributed by atoms with Gasteiger partial charge in [0.1, 0.15) is 0 Å². The van der Waals surface area contributed by atoms with Crippen molar-refractivity contribution in [2.75, 3.05) is 13.7 Å². The molecule has 11 heteroatoms. The molecule has 0 unspecified atom stereocenters. The number of fused-ring (bicyclic) bond motifs is 1. The summed E-state index contributed by atoms with van der Waals surface area (Å²) in [6, 6.07) is 7.30. The molecule has 0 atom stereocenters. The largest absolute Gasteiger partial charge is 0.481 e. The van der Waals surface area contributed by atoms with Crippen molar-refractivity contribution in [1.29, 1.82) is 0 Å². The molecule has 0 radical (unpaired) electrons. The first-order valence-corrected chi connectivity index (χ1v) is 14.1. The standard InChI is InChI=1S/C30H31ClN6O4/c1-18(38)41-6-4-19-10-30(11-19)12-23(13-30)36-29(39)25-9-22(31)7-21-14-35-37(28(21)25)17-24-15-34-26(16-33-24)20-3-5-32-27(8-20)40-2/h3,5,7-9,14-16,19,23H,4,6,10-13,17H2,1-2H3,(H,36,39). The van der Waals surface area contributed by atoms with Crippen LogP contribution in [-0.4, -0.2) is 56.4 Å². The molecule has 0 aliphatic heterocycles. The second-order valence-electron chi connectivity index (χ2n) is 11.2. The molecule has 4 aromatic rings. The number of carbonyl (C=O) groups excluding carboxylic acids is 2. The minimum Gasteiger partial charge on any atom is -0.481 e. The molecule has 0 saturated heterocycles. The fraction of sp³-hybridized carbons (Fsp3) is 0.400. The van der Waals surface area contributed by atoms with Gasteiger partial charge < -0.3 is 14.8 Å². The summed E-state index contributed by atoms with van der Waals surface area (Å²) in [7, 11) is 1.57. The van der Waals surface area contributed by atoms with Crippen LogP contribution in [0.15, 0.2) is 49.1 Å². The summed E-state index contributed by atoms with van der Waals surface area (Å²) in [6.07, 6.45) is 11.9. The van der Waals surface area contributed by atoms with Crippen LogP contribution >= 0.6 is 11.6 Å². The maximum absolute atomic E-state index is 13.5. The zero-order valence-corrected chi connectivity index (χ0v) is 23.7. The molecular weight excluding hydrogens is 544 g/mol. The zero-order valence-electron chi connectivity index (χ0n) is 23.0. The van der Waals surface area contributed by atoms with E-state index < -0.39 is 0 Å². The van der Waals surface area contributed by atoms with Gasteiger partial charge in [0, 0.05) is 41.2 Å². The minimum absolute atomic E-state index is 0.132. The second kappa shape index (κ2) is 11.1. The number of halogens is 1. The Balaban J connectivity index is 1.12. The molecule has 2 fully saturated rings. The van der Waals surface area contributed by atoms with Crippen LogP contribution < -0.4 is 10.1 Å². The Morgan fingerprint density at radius 1 is 1.10 bits per heavy atom. The van der Waals surface area contributed by atoms with Crippen LogP contribution in [0.5, 0.6) is 5.88 Å². The van der Waals surface area contributed by atoms with Crippen LogP contribution in [-0.2, 0) is 16.1 Å². The summed E-state index contributed by atoms with van der Waals surface area (Å²) >= 11 is 6.39. The average molecular weight is 575 g/mol. The van der Waals surface area contributed by atoms with Gasteiger partial charge in [-0.2, -0.15) is 5.10 Å². The Hall–Kier alpha value is -4.05. The van der Waals surface area contributed by atoms with Crippen LogP contribution in [0.2, 0.25) is 5.02 Å². The maximum Gasteiger partial charge on any atom is 0.302 e. The molecule has 2 aliphatic rings. The van der Waals surface area contributed by atoms with Gasteiger partial charge in [-0.3, -0.25) is 24.2 Å². The Labute approximate surface area is 242 Å². The number of benzene rings is 1. The summed E-state index contributed by atoms with van der Waals surface area (Å²) in [4.78, 5) is 37.7. The number of methoxy groups -OCH3 is 1. The number of amides is 1. The van der Waals surface area contributed by atoms with E-state index in [1.54, 1.807) is 48.7 Å². The van der Waals surface area contributed by atoms with Crippen molar-refractivity contribution in [1.82, 2.24) is 30.0 Å². The Morgan fingerprint density at radius 3 is 2.66 bits per heavy atom. The fourth-order valence-electron chi connectivity index (χ4n) is 6.33. The van der Waals surface area contributed by atoms with Gasteiger partial charge in [-0.05, 0) is 61.6 Å². The highest BCUT2D eigenvalue weighted by Gasteiger charge is 2.52. The summed E-state index contributed by atoms with van der Waals surface area (Å²) in [5.41, 5.74) is 3.77. The van der Waals surface area contributed by atoms with Crippen molar-refractivity contribution >= 4 is 34.4 Å². The minimum atomic E-state index is -0.227. The molecule has 6 rings (SSSR count). The zero-order chi connectivity index (χ0) is 28.6. The van der Waals surface area contributed by atoms with Gasteiger partial charge in [0.05, 0.1) is 61.3 Å². The number of hydrogen-bond donors (Lipinski definition) is 1. The van der Waals surface area contributed by atoms with Gasteiger partial charge in [-0.1, -0.05) is 11.6 Å². The van der Waals surface area contributed by atoms with Crippen LogP contribution in [0.3, 0.4) is 0 Å². The average Bonchev–Trinajstić information content (AvgIpc) is 3.32. The molecule has 2 saturated carbocycles. The number of carbonyl (C=O) groups is 2. The molecule has 1 aromatic carbocycles. The number of ether oxygens (including phenoxy) is 2. The van der Waals surface area contributed by atoms with Crippen LogP contribution in [0.25, 0.3) is 22.2 Å².